The van der Waals surface area contributed by atoms with E-state index in [9.17, 15) is 0 Å². The van der Waals surface area contributed by atoms with E-state index in [0.29, 0.717) is 18.3 Å². The molecule has 6 heteroatoms. The third-order valence-electron chi connectivity index (χ3n) is 3.35. The molecule has 3 N–H and O–H groups in total. The summed E-state index contributed by atoms with van der Waals surface area (Å²) in [5, 5.41) is 11.7. The molecule has 0 saturated carbocycles. The first-order chi connectivity index (χ1) is 10.0. The van der Waals surface area contributed by atoms with Crippen LogP contribution in [0.1, 0.15) is 37.8 Å². The minimum Gasteiger partial charge on any atom is -0.370 e. The average Bonchev–Trinajstić information content (AvgIpc) is 2.94. The molecule has 0 aliphatic rings. The van der Waals surface area contributed by atoms with Crippen molar-refractivity contribution in [2.75, 3.05) is 6.54 Å². The number of benzene rings is 1. The van der Waals surface area contributed by atoms with Gasteiger partial charge in [0, 0.05) is 12.1 Å². The lowest BCUT2D eigenvalue weighted by Gasteiger charge is -2.26. The summed E-state index contributed by atoms with van der Waals surface area (Å²) in [6.45, 7) is 6.65. The summed E-state index contributed by atoms with van der Waals surface area (Å²) in [7, 11) is 0. The molecule has 6 nitrogen and oxygen atoms in total. The molecule has 112 valence electrons. The first kappa shape index (κ1) is 15.0. The number of nitrogens with zero attached hydrogens (tertiary/aromatic N) is 3. The zero-order valence-electron chi connectivity index (χ0n) is 12.6. The van der Waals surface area contributed by atoms with Crippen LogP contribution in [-0.4, -0.2) is 27.5 Å². The van der Waals surface area contributed by atoms with Gasteiger partial charge in [-0.1, -0.05) is 41.9 Å². The van der Waals surface area contributed by atoms with Gasteiger partial charge in [-0.3, -0.25) is 5.41 Å². The number of guanidine groups is 1. The van der Waals surface area contributed by atoms with Crippen molar-refractivity contribution < 1.29 is 4.52 Å². The normalized spacial score (nSPS) is 12.1. The van der Waals surface area contributed by atoms with Crippen LogP contribution in [0, 0.1) is 12.3 Å². The Balaban J connectivity index is 2.22. The topological polar surface area (TPSA) is 92.0 Å². The van der Waals surface area contributed by atoms with Crippen LogP contribution in [0.4, 0.5) is 0 Å². The predicted octanol–water partition coefficient (Wildman–Crippen LogP) is 2.71. The molecule has 2 aromatic rings. The molecule has 0 aliphatic carbocycles. The fourth-order valence-corrected chi connectivity index (χ4v) is 2.12. The number of hydrogen-bond donors (Lipinski definition) is 2. The van der Waals surface area contributed by atoms with Gasteiger partial charge in [-0.05, 0) is 20.3 Å². The van der Waals surface area contributed by atoms with E-state index in [-0.39, 0.29) is 12.0 Å². The van der Waals surface area contributed by atoms with Crippen LogP contribution in [0.15, 0.2) is 28.8 Å². The highest BCUT2D eigenvalue weighted by Gasteiger charge is 2.22. The van der Waals surface area contributed by atoms with Crippen molar-refractivity contribution in [1.29, 1.82) is 5.41 Å². The van der Waals surface area contributed by atoms with Crippen LogP contribution < -0.4 is 5.73 Å². The van der Waals surface area contributed by atoms with Gasteiger partial charge in [-0.15, -0.1) is 0 Å². The standard InChI is InChI=1S/C15H21N5O/c1-4-9-20(15(16)17)11(3)14-18-13(19-21-14)12-7-5-10(2)6-8-12/h5-8,11H,4,9H2,1-3H3,(H3,16,17)/t11-/m0/s1. The number of hydrogen-bond acceptors (Lipinski definition) is 4. The first-order valence-electron chi connectivity index (χ1n) is 7.04. The Morgan fingerprint density at radius 2 is 2.05 bits per heavy atom. The van der Waals surface area contributed by atoms with Crippen LogP contribution in [-0.2, 0) is 0 Å². The van der Waals surface area contributed by atoms with Gasteiger partial charge in [0.25, 0.3) is 0 Å². The molecular formula is C15H21N5O. The highest BCUT2D eigenvalue weighted by atomic mass is 16.5. The van der Waals surface area contributed by atoms with Gasteiger partial charge < -0.3 is 15.2 Å². The van der Waals surface area contributed by atoms with E-state index in [4.69, 9.17) is 15.7 Å². The molecule has 1 aromatic heterocycles. The molecule has 1 aromatic carbocycles. The van der Waals surface area contributed by atoms with Crippen molar-refractivity contribution in [2.24, 2.45) is 5.73 Å². The number of aryl methyl sites for hydroxylation is 1. The van der Waals surface area contributed by atoms with E-state index < -0.39 is 0 Å². The zero-order chi connectivity index (χ0) is 15.4. The second-order valence-corrected chi connectivity index (χ2v) is 5.08. The Kier molecular flexibility index (Phi) is 4.57. The van der Waals surface area contributed by atoms with E-state index in [1.54, 1.807) is 4.90 Å². The Morgan fingerprint density at radius 1 is 1.38 bits per heavy atom. The number of aromatic nitrogens is 2. The lowest BCUT2D eigenvalue weighted by atomic mass is 10.1. The molecule has 0 aliphatic heterocycles. The molecule has 1 atom stereocenters. The van der Waals surface area contributed by atoms with E-state index in [0.717, 1.165) is 12.0 Å². The maximum atomic E-state index is 7.64. The Labute approximate surface area is 124 Å². The lowest BCUT2D eigenvalue weighted by molar-refractivity contribution is 0.254. The monoisotopic (exact) mass is 287 g/mol. The van der Waals surface area contributed by atoms with E-state index in [2.05, 4.69) is 10.1 Å². The molecule has 0 unspecified atom stereocenters. The molecule has 1 heterocycles. The summed E-state index contributed by atoms with van der Waals surface area (Å²) in [5.41, 5.74) is 7.71. The highest BCUT2D eigenvalue weighted by molar-refractivity contribution is 5.75. The minimum absolute atomic E-state index is 0.0134. The van der Waals surface area contributed by atoms with Gasteiger partial charge in [-0.25, -0.2) is 0 Å². The van der Waals surface area contributed by atoms with Crippen LogP contribution in [0.25, 0.3) is 11.4 Å². The molecule has 0 spiro atoms. The SMILES string of the molecule is CCCN(C(=N)N)[C@@H](C)c1nc(-c2ccc(C)cc2)no1. The maximum absolute atomic E-state index is 7.64. The van der Waals surface area contributed by atoms with E-state index >= 15 is 0 Å². The fraction of sp³-hybridized carbons (Fsp3) is 0.400. The van der Waals surface area contributed by atoms with Crippen molar-refractivity contribution in [1.82, 2.24) is 15.0 Å². The van der Waals surface area contributed by atoms with Gasteiger partial charge in [0.1, 0.15) is 6.04 Å². The molecule has 0 bridgehead atoms. The summed E-state index contributed by atoms with van der Waals surface area (Å²) in [4.78, 5) is 6.17. The Bertz CT molecular complexity index is 605. The summed E-state index contributed by atoms with van der Waals surface area (Å²) >= 11 is 0. The molecule has 0 saturated heterocycles. The summed E-state index contributed by atoms with van der Waals surface area (Å²) in [6.07, 6.45) is 0.892. The van der Waals surface area contributed by atoms with E-state index in [1.807, 2.05) is 45.0 Å². The predicted molar refractivity (Wildman–Crippen MR) is 81.8 cm³/mol. The van der Waals surface area contributed by atoms with Crippen LogP contribution in [0.3, 0.4) is 0 Å². The van der Waals surface area contributed by atoms with Crippen molar-refractivity contribution >= 4 is 5.96 Å². The highest BCUT2D eigenvalue weighted by Crippen LogP contribution is 2.22. The number of rotatable bonds is 5. The Morgan fingerprint density at radius 3 is 2.62 bits per heavy atom. The summed E-state index contributed by atoms with van der Waals surface area (Å²) in [5.74, 6) is 1.03. The molecular weight excluding hydrogens is 266 g/mol. The summed E-state index contributed by atoms with van der Waals surface area (Å²) < 4.78 is 5.33. The first-order valence-corrected chi connectivity index (χ1v) is 7.04. The van der Waals surface area contributed by atoms with Gasteiger partial charge in [0.2, 0.25) is 11.7 Å². The second kappa shape index (κ2) is 6.39. The van der Waals surface area contributed by atoms with Gasteiger partial charge >= 0.3 is 0 Å². The molecule has 21 heavy (non-hydrogen) atoms. The molecule has 0 radical (unpaired) electrons. The van der Waals surface area contributed by atoms with Crippen molar-refractivity contribution in [3.05, 3.63) is 35.7 Å². The summed E-state index contributed by atoms with van der Waals surface area (Å²) in [6, 6.07) is 7.73. The molecule has 0 amide bonds. The molecule has 2 rings (SSSR count). The van der Waals surface area contributed by atoms with Crippen LogP contribution in [0.5, 0.6) is 0 Å². The average molecular weight is 287 g/mol. The third kappa shape index (κ3) is 3.39. The van der Waals surface area contributed by atoms with Crippen LogP contribution >= 0.6 is 0 Å². The van der Waals surface area contributed by atoms with Crippen molar-refractivity contribution in [3.8, 4) is 11.4 Å². The van der Waals surface area contributed by atoms with Gasteiger partial charge in [-0.2, -0.15) is 4.98 Å². The van der Waals surface area contributed by atoms with Crippen molar-refractivity contribution in [2.45, 2.75) is 33.2 Å². The third-order valence-corrected chi connectivity index (χ3v) is 3.35. The smallest absolute Gasteiger partial charge is 0.249 e. The molecule has 0 fully saturated rings. The number of nitrogens with one attached hydrogen (secondary N) is 1. The lowest BCUT2D eigenvalue weighted by Crippen LogP contribution is -2.39. The maximum Gasteiger partial charge on any atom is 0.249 e. The Hall–Kier alpha value is -2.37. The zero-order valence-corrected chi connectivity index (χ0v) is 12.6. The van der Waals surface area contributed by atoms with Gasteiger partial charge in [0.15, 0.2) is 5.96 Å². The fourth-order valence-electron chi connectivity index (χ4n) is 2.12. The van der Waals surface area contributed by atoms with E-state index in [1.165, 1.54) is 5.56 Å². The number of nitrogens with two attached hydrogens (primary N) is 1. The second-order valence-electron chi connectivity index (χ2n) is 5.08. The largest absolute Gasteiger partial charge is 0.370 e. The van der Waals surface area contributed by atoms with Crippen LogP contribution in [0.2, 0.25) is 0 Å². The van der Waals surface area contributed by atoms with Gasteiger partial charge in [0.05, 0.1) is 0 Å². The van der Waals surface area contributed by atoms with Crippen molar-refractivity contribution in [3.63, 3.8) is 0 Å². The minimum atomic E-state index is -0.214. The quantitative estimate of drug-likeness (QED) is 0.651.